The quantitative estimate of drug-likeness (QED) is 0.277. The molecular formula is C12H19NNa2O10. The van der Waals surface area contributed by atoms with Crippen LogP contribution in [0.1, 0.15) is 0 Å². The summed E-state index contributed by atoms with van der Waals surface area (Å²) in [7, 11) is 0. The first kappa shape index (κ1) is 27.9. The van der Waals surface area contributed by atoms with Gasteiger partial charge in [0.05, 0.1) is 25.2 Å². The van der Waals surface area contributed by atoms with Crippen LogP contribution in [0.4, 0.5) is 0 Å². The van der Waals surface area contributed by atoms with Crippen LogP contribution < -0.4 is 69.3 Å². The van der Waals surface area contributed by atoms with Gasteiger partial charge in [0, 0.05) is 19.6 Å². The SMILES string of the molecule is O=C([O-])CN(CCO[C@@H]1O[C@H](CO)[C@@H](O)[C@H](O)[C@H]1O)CC(=O)[O-].[Na+].[Na+]. The number of carboxylic acids is 2. The first-order valence-electron chi connectivity index (χ1n) is 6.80. The minimum Gasteiger partial charge on any atom is -0.549 e. The van der Waals surface area contributed by atoms with Gasteiger partial charge in [-0.2, -0.15) is 0 Å². The van der Waals surface area contributed by atoms with Gasteiger partial charge in [0.2, 0.25) is 0 Å². The molecule has 1 aliphatic rings. The van der Waals surface area contributed by atoms with Gasteiger partial charge >= 0.3 is 59.1 Å². The van der Waals surface area contributed by atoms with Crippen molar-refractivity contribution in [3.8, 4) is 0 Å². The average Bonchev–Trinajstić information content (AvgIpc) is 2.46. The predicted octanol–water partition coefficient (Wildman–Crippen LogP) is -12.4. The number of ether oxygens (including phenoxy) is 2. The number of rotatable bonds is 9. The van der Waals surface area contributed by atoms with Crippen molar-refractivity contribution in [1.82, 2.24) is 4.90 Å². The van der Waals surface area contributed by atoms with Crippen LogP contribution in [0.5, 0.6) is 0 Å². The van der Waals surface area contributed by atoms with Gasteiger partial charge in [0.15, 0.2) is 6.29 Å². The third-order valence-electron chi connectivity index (χ3n) is 3.24. The van der Waals surface area contributed by atoms with Gasteiger partial charge in [-0.25, -0.2) is 0 Å². The van der Waals surface area contributed by atoms with E-state index in [-0.39, 0.29) is 72.3 Å². The number of carbonyl (C=O) groups is 2. The molecule has 13 heteroatoms. The number of nitrogens with zero attached hydrogens (tertiary/aromatic N) is 1. The Kier molecular flexibility index (Phi) is 15.4. The predicted molar refractivity (Wildman–Crippen MR) is 66.2 cm³/mol. The Morgan fingerprint density at radius 3 is 1.96 bits per heavy atom. The maximum atomic E-state index is 10.5. The van der Waals surface area contributed by atoms with Crippen molar-refractivity contribution in [3.63, 3.8) is 0 Å². The number of aliphatic hydroxyl groups is 4. The largest absolute Gasteiger partial charge is 1.00 e. The molecule has 5 atom stereocenters. The standard InChI is InChI=1S/C12H21NO10.2Na/c14-5-6-9(19)10(20)11(21)12(23-6)22-2-1-13(3-7(15)16)4-8(17)18;;/h6,9-12,14,19-21H,1-5H2,(H,15,16)(H,17,18);;/q;2*+1/p-2/t6-,9-,10+,11-,12-;;/m1../s1. The van der Waals surface area contributed by atoms with E-state index in [1.807, 2.05) is 0 Å². The van der Waals surface area contributed by atoms with Crippen molar-refractivity contribution in [2.45, 2.75) is 30.7 Å². The first-order chi connectivity index (χ1) is 10.8. The molecule has 0 spiro atoms. The molecule has 1 fully saturated rings. The average molecular weight is 383 g/mol. The summed E-state index contributed by atoms with van der Waals surface area (Å²) >= 11 is 0. The summed E-state index contributed by atoms with van der Waals surface area (Å²) < 4.78 is 10.2. The summed E-state index contributed by atoms with van der Waals surface area (Å²) in [5.74, 6) is -2.97. The van der Waals surface area contributed by atoms with Crippen molar-refractivity contribution in [2.75, 3.05) is 32.8 Å². The molecule has 0 radical (unpaired) electrons. The van der Waals surface area contributed by atoms with Crippen molar-refractivity contribution >= 4 is 11.9 Å². The Morgan fingerprint density at radius 2 is 1.52 bits per heavy atom. The molecule has 0 bridgehead atoms. The fraction of sp³-hybridized carbons (Fsp3) is 0.833. The van der Waals surface area contributed by atoms with Gasteiger partial charge in [-0.05, 0) is 0 Å². The van der Waals surface area contributed by atoms with E-state index in [0.29, 0.717) is 0 Å². The fourth-order valence-corrected chi connectivity index (χ4v) is 2.08. The van der Waals surface area contributed by atoms with Crippen molar-refractivity contribution in [3.05, 3.63) is 0 Å². The van der Waals surface area contributed by atoms with Gasteiger partial charge in [-0.15, -0.1) is 0 Å². The number of aliphatic hydroxyl groups excluding tert-OH is 4. The molecule has 0 unspecified atom stereocenters. The zero-order chi connectivity index (χ0) is 17.6. The summed E-state index contributed by atoms with van der Waals surface area (Å²) in [5.41, 5.74) is 0. The minimum atomic E-state index is -1.60. The number of aliphatic carboxylic acids is 2. The zero-order valence-electron chi connectivity index (χ0n) is 14.1. The molecule has 11 nitrogen and oxygen atoms in total. The van der Waals surface area contributed by atoms with Crippen LogP contribution in [0.2, 0.25) is 0 Å². The van der Waals surface area contributed by atoms with E-state index in [4.69, 9.17) is 14.6 Å². The molecular weight excluding hydrogens is 364 g/mol. The Balaban J connectivity index is 0. The Bertz CT molecular complexity index is 397. The Labute approximate surface area is 188 Å². The maximum Gasteiger partial charge on any atom is 1.00 e. The molecule has 0 aliphatic carbocycles. The molecule has 0 aromatic carbocycles. The second-order valence-corrected chi connectivity index (χ2v) is 5.02. The van der Waals surface area contributed by atoms with E-state index in [1.165, 1.54) is 0 Å². The minimum absolute atomic E-state index is 0. The summed E-state index contributed by atoms with van der Waals surface area (Å²) in [4.78, 5) is 22.0. The van der Waals surface area contributed by atoms with Crippen LogP contribution >= 0.6 is 0 Å². The van der Waals surface area contributed by atoms with Gasteiger partial charge < -0.3 is 49.7 Å². The topological polar surface area (TPSA) is 183 Å². The summed E-state index contributed by atoms with van der Waals surface area (Å²) in [6.45, 7) is -2.34. The van der Waals surface area contributed by atoms with E-state index in [0.717, 1.165) is 4.90 Å². The van der Waals surface area contributed by atoms with Crippen molar-refractivity contribution in [1.29, 1.82) is 0 Å². The molecule has 25 heavy (non-hydrogen) atoms. The van der Waals surface area contributed by atoms with E-state index < -0.39 is 62.3 Å². The van der Waals surface area contributed by atoms with E-state index in [1.54, 1.807) is 0 Å². The molecule has 4 N–H and O–H groups in total. The van der Waals surface area contributed by atoms with Crippen LogP contribution in [-0.4, -0.2) is 101 Å². The molecule has 0 saturated carbocycles. The van der Waals surface area contributed by atoms with Crippen LogP contribution in [0, 0.1) is 0 Å². The first-order valence-corrected chi connectivity index (χ1v) is 6.80. The van der Waals surface area contributed by atoms with Crippen LogP contribution in [0.15, 0.2) is 0 Å². The third kappa shape index (κ3) is 9.42. The summed E-state index contributed by atoms with van der Waals surface area (Å²) in [6, 6.07) is 0. The maximum absolute atomic E-state index is 10.5. The molecule has 0 amide bonds. The van der Waals surface area contributed by atoms with Crippen molar-refractivity contribution < 1.29 is 109 Å². The van der Waals surface area contributed by atoms with E-state index >= 15 is 0 Å². The molecule has 1 rings (SSSR count). The molecule has 1 aliphatic heterocycles. The van der Waals surface area contributed by atoms with Gasteiger partial charge in [-0.3, -0.25) is 4.90 Å². The Morgan fingerprint density at radius 1 is 1.00 bits per heavy atom. The molecule has 1 heterocycles. The van der Waals surface area contributed by atoms with Crippen LogP contribution in [-0.2, 0) is 19.1 Å². The van der Waals surface area contributed by atoms with Crippen LogP contribution in [0.3, 0.4) is 0 Å². The fourth-order valence-electron chi connectivity index (χ4n) is 2.08. The second kappa shape index (κ2) is 13.8. The Hall–Kier alpha value is 0.660. The summed E-state index contributed by atoms with van der Waals surface area (Å²) in [6.07, 6.45) is -7.24. The van der Waals surface area contributed by atoms with Crippen LogP contribution in [0.25, 0.3) is 0 Å². The monoisotopic (exact) mass is 383 g/mol. The van der Waals surface area contributed by atoms with Gasteiger partial charge in [-0.1, -0.05) is 0 Å². The second-order valence-electron chi connectivity index (χ2n) is 5.02. The zero-order valence-corrected chi connectivity index (χ0v) is 18.1. The normalized spacial score (nSPS) is 28.8. The molecule has 0 aromatic rings. The number of carbonyl (C=O) groups excluding carboxylic acids is 2. The van der Waals surface area contributed by atoms with Crippen molar-refractivity contribution in [2.24, 2.45) is 0 Å². The number of hydrogen-bond donors (Lipinski definition) is 4. The number of hydrogen-bond acceptors (Lipinski definition) is 11. The molecule has 1 saturated heterocycles. The molecule has 134 valence electrons. The smallest absolute Gasteiger partial charge is 0.549 e. The van der Waals surface area contributed by atoms with E-state index in [9.17, 15) is 35.1 Å². The van der Waals surface area contributed by atoms with Gasteiger partial charge in [0.1, 0.15) is 24.4 Å². The third-order valence-corrected chi connectivity index (χ3v) is 3.24. The number of carboxylic acid groups (broad SMARTS) is 2. The molecule has 0 aromatic heterocycles. The van der Waals surface area contributed by atoms with E-state index in [2.05, 4.69) is 0 Å². The van der Waals surface area contributed by atoms with Gasteiger partial charge in [0.25, 0.3) is 0 Å². The summed E-state index contributed by atoms with van der Waals surface area (Å²) in [5, 5.41) is 58.9.